The first-order chi connectivity index (χ1) is 14.0. The number of hydrogen-bond donors (Lipinski definition) is 1. The summed E-state index contributed by atoms with van der Waals surface area (Å²) >= 11 is 0. The molecule has 1 atom stereocenters. The van der Waals surface area contributed by atoms with Crippen LogP contribution in [0, 0.1) is 13.8 Å². The van der Waals surface area contributed by atoms with Crippen molar-refractivity contribution in [1.82, 2.24) is 4.90 Å². The topological polar surface area (TPSA) is 58.6 Å². The average Bonchev–Trinajstić information content (AvgIpc) is 2.75. The molecule has 0 bridgehead atoms. The van der Waals surface area contributed by atoms with E-state index in [2.05, 4.69) is 5.32 Å². The number of benzene rings is 2. The minimum absolute atomic E-state index is 0.0240. The first-order valence-electron chi connectivity index (χ1n) is 10.4. The Hall–Kier alpha value is -2.82. The monoisotopic (exact) mass is 394 g/mol. The molecule has 0 aromatic heterocycles. The molecule has 1 heterocycles. The van der Waals surface area contributed by atoms with Crippen molar-refractivity contribution >= 4 is 17.5 Å². The smallest absolute Gasteiger partial charge is 0.265 e. The molecule has 0 aliphatic carbocycles. The minimum Gasteiger partial charge on any atom is -0.480 e. The van der Waals surface area contributed by atoms with Gasteiger partial charge in [-0.05, 0) is 68.9 Å². The van der Waals surface area contributed by atoms with Gasteiger partial charge in [0.2, 0.25) is 0 Å². The highest BCUT2D eigenvalue weighted by Crippen LogP contribution is 2.24. The number of nitrogens with one attached hydrogen (secondary N) is 1. The zero-order chi connectivity index (χ0) is 20.8. The summed E-state index contributed by atoms with van der Waals surface area (Å²) in [6.07, 6.45) is 3.12. The van der Waals surface area contributed by atoms with Gasteiger partial charge in [0.05, 0.1) is 11.3 Å². The van der Waals surface area contributed by atoms with Crippen LogP contribution in [0.3, 0.4) is 0 Å². The Kier molecular flexibility index (Phi) is 6.91. The van der Waals surface area contributed by atoms with Gasteiger partial charge in [-0.25, -0.2) is 0 Å². The fourth-order valence-corrected chi connectivity index (χ4v) is 3.59. The predicted octanol–water partition coefficient (Wildman–Crippen LogP) is 4.73. The van der Waals surface area contributed by atoms with Crippen LogP contribution in [-0.4, -0.2) is 35.9 Å². The minimum atomic E-state index is -0.631. The van der Waals surface area contributed by atoms with Crippen LogP contribution >= 0.6 is 0 Å². The van der Waals surface area contributed by atoms with E-state index >= 15 is 0 Å². The van der Waals surface area contributed by atoms with E-state index in [0.717, 1.165) is 43.5 Å². The van der Waals surface area contributed by atoms with Gasteiger partial charge in [0.1, 0.15) is 5.75 Å². The van der Waals surface area contributed by atoms with Crippen LogP contribution in [0.25, 0.3) is 0 Å². The Morgan fingerprint density at radius 3 is 2.48 bits per heavy atom. The summed E-state index contributed by atoms with van der Waals surface area (Å²) in [6.45, 7) is 7.47. The Bertz CT molecular complexity index is 872. The maximum atomic E-state index is 13.0. The van der Waals surface area contributed by atoms with Gasteiger partial charge < -0.3 is 15.0 Å². The lowest BCUT2D eigenvalue weighted by Crippen LogP contribution is -2.37. The molecule has 0 saturated carbocycles. The molecule has 5 nitrogen and oxygen atoms in total. The van der Waals surface area contributed by atoms with Crippen LogP contribution in [0.2, 0.25) is 0 Å². The van der Waals surface area contributed by atoms with Crippen molar-refractivity contribution in [2.75, 3.05) is 18.4 Å². The average molecular weight is 395 g/mol. The van der Waals surface area contributed by atoms with Crippen molar-refractivity contribution in [1.29, 1.82) is 0 Å². The summed E-state index contributed by atoms with van der Waals surface area (Å²) in [4.78, 5) is 27.8. The SMILES string of the molecule is CCC(Oc1cccc(C)c1C)C(=O)Nc1ccccc1C(=O)N1CCCCC1. The molecular weight excluding hydrogens is 364 g/mol. The summed E-state index contributed by atoms with van der Waals surface area (Å²) in [7, 11) is 0. The highest BCUT2D eigenvalue weighted by Gasteiger charge is 2.24. The molecule has 0 radical (unpaired) electrons. The third-order valence-corrected chi connectivity index (χ3v) is 5.55. The normalized spacial score (nSPS) is 14.9. The highest BCUT2D eigenvalue weighted by atomic mass is 16.5. The Morgan fingerprint density at radius 1 is 1.03 bits per heavy atom. The third-order valence-electron chi connectivity index (χ3n) is 5.55. The molecule has 2 amide bonds. The molecule has 29 heavy (non-hydrogen) atoms. The van der Waals surface area contributed by atoms with Crippen LogP contribution in [0.1, 0.15) is 54.1 Å². The van der Waals surface area contributed by atoms with Crippen molar-refractivity contribution in [2.45, 2.75) is 52.6 Å². The van der Waals surface area contributed by atoms with Crippen molar-refractivity contribution in [2.24, 2.45) is 0 Å². The second-order valence-electron chi connectivity index (χ2n) is 7.60. The van der Waals surface area contributed by atoms with Crippen molar-refractivity contribution in [3.8, 4) is 5.75 Å². The molecule has 1 aliphatic heterocycles. The van der Waals surface area contributed by atoms with Gasteiger partial charge in [-0.15, -0.1) is 0 Å². The molecule has 5 heteroatoms. The third kappa shape index (κ3) is 4.97. The lowest BCUT2D eigenvalue weighted by molar-refractivity contribution is -0.122. The number of nitrogens with zero attached hydrogens (tertiary/aromatic N) is 1. The molecular formula is C24H30N2O3. The largest absolute Gasteiger partial charge is 0.480 e. The van der Waals surface area contributed by atoms with Gasteiger partial charge in [-0.3, -0.25) is 9.59 Å². The maximum absolute atomic E-state index is 13.0. The molecule has 0 spiro atoms. The molecule has 1 unspecified atom stereocenters. The van der Waals surface area contributed by atoms with Gasteiger partial charge in [-0.1, -0.05) is 31.2 Å². The number of para-hydroxylation sites is 1. The Morgan fingerprint density at radius 2 is 1.76 bits per heavy atom. The molecule has 1 fully saturated rings. The van der Waals surface area contributed by atoms with E-state index in [1.165, 1.54) is 0 Å². The van der Waals surface area contributed by atoms with Gasteiger partial charge >= 0.3 is 0 Å². The lowest BCUT2D eigenvalue weighted by Gasteiger charge is -2.27. The number of amides is 2. The van der Waals surface area contributed by atoms with Gasteiger partial charge in [-0.2, -0.15) is 0 Å². The van der Waals surface area contributed by atoms with E-state index in [0.29, 0.717) is 23.4 Å². The lowest BCUT2D eigenvalue weighted by atomic mass is 10.1. The number of aryl methyl sites for hydroxylation is 1. The van der Waals surface area contributed by atoms with Crippen molar-refractivity contribution in [3.63, 3.8) is 0 Å². The number of hydrogen-bond acceptors (Lipinski definition) is 3. The molecule has 1 saturated heterocycles. The molecule has 3 rings (SSSR count). The predicted molar refractivity (Wildman–Crippen MR) is 115 cm³/mol. The number of piperidine rings is 1. The van der Waals surface area contributed by atoms with E-state index in [4.69, 9.17) is 4.74 Å². The van der Waals surface area contributed by atoms with E-state index < -0.39 is 6.10 Å². The Balaban J connectivity index is 1.75. The quantitative estimate of drug-likeness (QED) is 0.771. The fourth-order valence-electron chi connectivity index (χ4n) is 3.59. The van der Waals surface area contributed by atoms with E-state index in [1.807, 2.05) is 56.0 Å². The number of rotatable bonds is 6. The van der Waals surface area contributed by atoms with Gasteiger partial charge in [0.25, 0.3) is 11.8 Å². The Labute approximate surface area is 173 Å². The fraction of sp³-hybridized carbons (Fsp3) is 0.417. The maximum Gasteiger partial charge on any atom is 0.265 e. The summed E-state index contributed by atoms with van der Waals surface area (Å²) in [5.74, 6) is 0.445. The van der Waals surface area contributed by atoms with Crippen LogP contribution in [0.4, 0.5) is 5.69 Å². The standard InChI is InChI=1S/C24H30N2O3/c1-4-21(29-22-14-10-11-17(2)18(22)3)23(27)25-20-13-7-6-12-19(20)24(28)26-15-8-5-9-16-26/h6-7,10-14,21H,4-5,8-9,15-16H2,1-3H3,(H,25,27). The molecule has 154 valence electrons. The van der Waals surface area contributed by atoms with Crippen molar-refractivity contribution < 1.29 is 14.3 Å². The van der Waals surface area contributed by atoms with Crippen LogP contribution in [0.15, 0.2) is 42.5 Å². The first kappa shape index (κ1) is 20.9. The van der Waals surface area contributed by atoms with E-state index in [1.54, 1.807) is 12.1 Å². The molecule has 2 aromatic carbocycles. The van der Waals surface area contributed by atoms with Crippen LogP contribution in [-0.2, 0) is 4.79 Å². The number of ether oxygens (including phenoxy) is 1. The molecule has 1 N–H and O–H groups in total. The van der Waals surface area contributed by atoms with Gasteiger partial charge in [0, 0.05) is 13.1 Å². The summed E-state index contributed by atoms with van der Waals surface area (Å²) in [5, 5.41) is 2.92. The zero-order valence-electron chi connectivity index (χ0n) is 17.5. The summed E-state index contributed by atoms with van der Waals surface area (Å²) < 4.78 is 6.02. The van der Waals surface area contributed by atoms with Crippen LogP contribution < -0.4 is 10.1 Å². The number of anilines is 1. The second kappa shape index (κ2) is 9.59. The molecule has 2 aromatic rings. The number of carbonyl (C=O) groups is 2. The van der Waals surface area contributed by atoms with E-state index in [9.17, 15) is 9.59 Å². The summed E-state index contributed by atoms with van der Waals surface area (Å²) in [5.41, 5.74) is 3.22. The molecule has 1 aliphatic rings. The van der Waals surface area contributed by atoms with Gasteiger partial charge in [0.15, 0.2) is 6.10 Å². The number of carbonyl (C=O) groups excluding carboxylic acids is 2. The highest BCUT2D eigenvalue weighted by molar-refractivity contribution is 6.04. The van der Waals surface area contributed by atoms with Crippen molar-refractivity contribution in [3.05, 3.63) is 59.2 Å². The van der Waals surface area contributed by atoms with Crippen LogP contribution in [0.5, 0.6) is 5.75 Å². The number of likely N-dealkylation sites (tertiary alicyclic amines) is 1. The first-order valence-corrected chi connectivity index (χ1v) is 10.4. The summed E-state index contributed by atoms with van der Waals surface area (Å²) in [6, 6.07) is 13.0. The van der Waals surface area contributed by atoms with E-state index in [-0.39, 0.29) is 11.8 Å². The second-order valence-corrected chi connectivity index (χ2v) is 7.60. The zero-order valence-corrected chi connectivity index (χ0v) is 17.5.